The predicted octanol–water partition coefficient (Wildman–Crippen LogP) is 3.28. The first-order chi connectivity index (χ1) is 14.0. The number of amides is 1. The Labute approximate surface area is 166 Å². The maximum atomic E-state index is 12.3. The van der Waals surface area contributed by atoms with Crippen LogP contribution in [0.1, 0.15) is 25.2 Å². The van der Waals surface area contributed by atoms with Gasteiger partial charge in [0.1, 0.15) is 28.6 Å². The number of hydrogen-bond donors (Lipinski definition) is 2. The molecule has 3 heterocycles. The summed E-state index contributed by atoms with van der Waals surface area (Å²) in [6, 6.07) is 9.41. The lowest BCUT2D eigenvalue weighted by Crippen LogP contribution is -2.16. The van der Waals surface area contributed by atoms with Crippen LogP contribution in [0.4, 0.5) is 5.82 Å². The molecule has 2 N–H and O–H groups in total. The molecule has 0 saturated carbocycles. The monoisotopic (exact) mass is 392 g/mol. The number of carbonyl (C=O) groups excluding carboxylic acids is 1. The smallest absolute Gasteiger partial charge is 0.231 e. The van der Waals surface area contributed by atoms with Gasteiger partial charge in [0, 0.05) is 17.1 Å². The Kier molecular flexibility index (Phi) is 4.94. The highest BCUT2D eigenvalue weighted by atomic mass is 16.6. The number of nitrogens with zero attached hydrogens (tertiary/aromatic N) is 4. The number of hydrogen-bond acceptors (Lipinski definition) is 7. The molecule has 29 heavy (non-hydrogen) atoms. The molecule has 0 unspecified atom stereocenters. The van der Waals surface area contributed by atoms with Crippen molar-refractivity contribution in [1.29, 1.82) is 0 Å². The van der Waals surface area contributed by atoms with E-state index in [9.17, 15) is 4.79 Å². The summed E-state index contributed by atoms with van der Waals surface area (Å²) in [5, 5.41) is 18.6. The van der Waals surface area contributed by atoms with E-state index in [1.165, 1.54) is 0 Å². The minimum atomic E-state index is -0.257. The third-order valence-electron chi connectivity index (χ3n) is 4.28. The van der Waals surface area contributed by atoms with Crippen LogP contribution in [0.15, 0.2) is 41.2 Å². The molecule has 1 amide bonds. The van der Waals surface area contributed by atoms with E-state index in [1.54, 1.807) is 19.2 Å². The Morgan fingerprint density at radius 3 is 2.86 bits per heavy atom. The Bertz CT molecular complexity index is 1160. The first-order valence-electron chi connectivity index (χ1n) is 9.18. The summed E-state index contributed by atoms with van der Waals surface area (Å²) in [5.41, 5.74) is 3.55. The predicted molar refractivity (Wildman–Crippen MR) is 106 cm³/mol. The molecule has 1 aromatic carbocycles. The number of H-pyrrole nitrogens is 1. The zero-order valence-electron chi connectivity index (χ0n) is 16.3. The fourth-order valence-electron chi connectivity index (χ4n) is 2.95. The van der Waals surface area contributed by atoms with Gasteiger partial charge in [-0.15, -0.1) is 0 Å². The topological polar surface area (TPSA) is 119 Å². The summed E-state index contributed by atoms with van der Waals surface area (Å²) in [6.07, 6.45) is 1.76. The van der Waals surface area contributed by atoms with Gasteiger partial charge in [-0.3, -0.25) is 9.89 Å². The fourth-order valence-corrected chi connectivity index (χ4v) is 2.95. The molecule has 0 aliphatic carbocycles. The number of carbonyl (C=O) groups is 1. The van der Waals surface area contributed by atoms with E-state index in [0.29, 0.717) is 17.2 Å². The molecule has 0 atom stereocenters. The van der Waals surface area contributed by atoms with Crippen LogP contribution >= 0.6 is 0 Å². The van der Waals surface area contributed by atoms with Crippen molar-refractivity contribution in [3.63, 3.8) is 0 Å². The van der Waals surface area contributed by atoms with Crippen LogP contribution in [0.3, 0.4) is 0 Å². The van der Waals surface area contributed by atoms with Crippen molar-refractivity contribution in [3.05, 3.63) is 47.9 Å². The first kappa shape index (κ1) is 18.6. The lowest BCUT2D eigenvalue weighted by molar-refractivity contribution is -0.115. The van der Waals surface area contributed by atoms with Crippen molar-refractivity contribution in [2.24, 2.45) is 0 Å². The Morgan fingerprint density at radius 2 is 2.10 bits per heavy atom. The summed E-state index contributed by atoms with van der Waals surface area (Å²) in [7, 11) is 0. The summed E-state index contributed by atoms with van der Waals surface area (Å²) in [6.45, 7) is 5.70. The Hall–Kier alpha value is -3.75. The van der Waals surface area contributed by atoms with Crippen molar-refractivity contribution in [2.45, 2.75) is 33.3 Å². The average molecular weight is 392 g/mol. The van der Waals surface area contributed by atoms with Gasteiger partial charge in [0.25, 0.3) is 0 Å². The van der Waals surface area contributed by atoms with Gasteiger partial charge >= 0.3 is 0 Å². The van der Waals surface area contributed by atoms with Crippen LogP contribution in [-0.4, -0.2) is 37.5 Å². The molecular formula is C20H20N6O3. The Morgan fingerprint density at radius 1 is 1.24 bits per heavy atom. The van der Waals surface area contributed by atoms with E-state index in [1.807, 2.05) is 38.1 Å². The van der Waals surface area contributed by atoms with E-state index in [2.05, 4.69) is 35.4 Å². The van der Waals surface area contributed by atoms with Crippen LogP contribution in [0, 0.1) is 6.92 Å². The molecule has 3 aromatic heterocycles. The highest BCUT2D eigenvalue weighted by Crippen LogP contribution is 2.30. The van der Waals surface area contributed by atoms with Crippen molar-refractivity contribution < 1.29 is 14.2 Å². The molecule has 4 rings (SSSR count). The molecular weight excluding hydrogens is 372 g/mol. The van der Waals surface area contributed by atoms with E-state index in [-0.39, 0.29) is 18.4 Å². The number of aromatic nitrogens is 5. The van der Waals surface area contributed by atoms with E-state index < -0.39 is 0 Å². The van der Waals surface area contributed by atoms with Crippen molar-refractivity contribution in [1.82, 2.24) is 25.5 Å². The standard InChI is InChI=1S/C20H20N6O3/c1-11(2)28-14-4-5-16-15(9-14)20(24-23-16)13-6-7-21-18(8-13)22-19(27)10-17-12(3)25-29-26-17/h4-9,11H,10H2,1-3H3,(H,23,24)(H,21,22,27). The van der Waals surface area contributed by atoms with Gasteiger partial charge in [-0.1, -0.05) is 10.3 Å². The largest absolute Gasteiger partial charge is 0.491 e. The number of anilines is 1. The second kappa shape index (κ2) is 7.70. The maximum absolute atomic E-state index is 12.3. The second-order valence-corrected chi connectivity index (χ2v) is 6.90. The third kappa shape index (κ3) is 4.08. The number of aromatic amines is 1. The number of rotatable bonds is 6. The van der Waals surface area contributed by atoms with Crippen LogP contribution in [0.25, 0.3) is 22.2 Å². The number of aryl methyl sites for hydroxylation is 1. The van der Waals surface area contributed by atoms with Gasteiger partial charge in [0.2, 0.25) is 5.91 Å². The molecule has 0 spiro atoms. The van der Waals surface area contributed by atoms with Gasteiger partial charge in [-0.2, -0.15) is 5.10 Å². The lowest BCUT2D eigenvalue weighted by Gasteiger charge is -2.09. The summed E-state index contributed by atoms with van der Waals surface area (Å²) in [4.78, 5) is 16.5. The fraction of sp³-hybridized carbons (Fsp3) is 0.250. The number of benzene rings is 1. The normalized spacial score (nSPS) is 11.2. The molecule has 9 heteroatoms. The minimum Gasteiger partial charge on any atom is -0.491 e. The highest BCUT2D eigenvalue weighted by Gasteiger charge is 2.14. The molecule has 0 fully saturated rings. The van der Waals surface area contributed by atoms with Gasteiger partial charge in [-0.25, -0.2) is 9.61 Å². The van der Waals surface area contributed by atoms with Crippen LogP contribution in [0.5, 0.6) is 5.75 Å². The minimum absolute atomic E-state index is 0.0580. The third-order valence-corrected chi connectivity index (χ3v) is 4.28. The zero-order chi connectivity index (χ0) is 20.4. The lowest BCUT2D eigenvalue weighted by atomic mass is 10.1. The Balaban J connectivity index is 1.58. The molecule has 9 nitrogen and oxygen atoms in total. The quantitative estimate of drug-likeness (QED) is 0.517. The van der Waals surface area contributed by atoms with Crippen molar-refractivity contribution in [3.8, 4) is 17.0 Å². The first-order valence-corrected chi connectivity index (χ1v) is 9.18. The SMILES string of the molecule is Cc1nonc1CC(=O)Nc1cc(-c2n[nH]c3ccc(OC(C)C)cc23)ccn1. The van der Waals surface area contributed by atoms with Gasteiger partial charge in [-0.05, 0) is 51.1 Å². The van der Waals surface area contributed by atoms with Crippen LogP contribution in [0.2, 0.25) is 0 Å². The van der Waals surface area contributed by atoms with E-state index in [0.717, 1.165) is 27.9 Å². The number of pyridine rings is 1. The molecule has 0 aliphatic rings. The zero-order valence-corrected chi connectivity index (χ0v) is 16.3. The molecule has 148 valence electrons. The molecule has 0 radical (unpaired) electrons. The maximum Gasteiger partial charge on any atom is 0.231 e. The second-order valence-electron chi connectivity index (χ2n) is 6.90. The number of nitrogens with one attached hydrogen (secondary N) is 2. The number of fused-ring (bicyclic) bond motifs is 1. The van der Waals surface area contributed by atoms with Gasteiger partial charge < -0.3 is 10.1 Å². The van der Waals surface area contributed by atoms with Gasteiger partial charge in [0.15, 0.2) is 0 Å². The average Bonchev–Trinajstić information content (AvgIpc) is 3.27. The summed E-state index contributed by atoms with van der Waals surface area (Å²) >= 11 is 0. The van der Waals surface area contributed by atoms with E-state index >= 15 is 0 Å². The van der Waals surface area contributed by atoms with Crippen LogP contribution < -0.4 is 10.1 Å². The molecule has 0 bridgehead atoms. The summed E-state index contributed by atoms with van der Waals surface area (Å²) < 4.78 is 10.4. The van der Waals surface area contributed by atoms with Crippen LogP contribution in [-0.2, 0) is 11.2 Å². The number of ether oxygens (including phenoxy) is 1. The highest BCUT2D eigenvalue weighted by molar-refractivity contribution is 5.95. The van der Waals surface area contributed by atoms with Crippen molar-refractivity contribution in [2.75, 3.05) is 5.32 Å². The van der Waals surface area contributed by atoms with Gasteiger partial charge in [0.05, 0.1) is 18.0 Å². The molecule has 4 aromatic rings. The van der Waals surface area contributed by atoms with E-state index in [4.69, 9.17) is 4.74 Å². The molecule has 0 aliphatic heterocycles. The molecule has 0 saturated heterocycles. The summed E-state index contributed by atoms with van der Waals surface area (Å²) in [5.74, 6) is 0.939. The van der Waals surface area contributed by atoms with Crippen molar-refractivity contribution >= 4 is 22.6 Å².